The second kappa shape index (κ2) is 8.16. The van der Waals surface area contributed by atoms with Crippen LogP contribution in [-0.2, 0) is 15.6 Å². The number of aromatic nitrogens is 1. The average molecular weight is 478 g/mol. The van der Waals surface area contributed by atoms with Gasteiger partial charge in [-0.1, -0.05) is 35.9 Å². The van der Waals surface area contributed by atoms with Gasteiger partial charge in [0.1, 0.15) is 10.7 Å². The summed E-state index contributed by atoms with van der Waals surface area (Å²) in [6.07, 6.45) is 2.08. The molecule has 9 heteroatoms. The van der Waals surface area contributed by atoms with Crippen LogP contribution in [0.25, 0.3) is 0 Å². The molecule has 0 spiro atoms. The minimum Gasteiger partial charge on any atom is -0.377 e. The summed E-state index contributed by atoms with van der Waals surface area (Å²) < 4.78 is 40.3. The number of likely N-dealkylation sites (tertiary alicyclic amines) is 1. The molecule has 1 fully saturated rings. The molecule has 31 heavy (non-hydrogen) atoms. The third-order valence-electron chi connectivity index (χ3n) is 6.03. The molecule has 2 heterocycles. The molecular weight excluding hydrogens is 457 g/mol. The zero-order valence-corrected chi connectivity index (χ0v) is 19.0. The molecule has 0 bridgehead atoms. The minimum atomic E-state index is -3.89. The third-order valence-corrected chi connectivity index (χ3v) is 8.64. The molecule has 2 aromatic carbocycles. The molecule has 1 aromatic heterocycles. The van der Waals surface area contributed by atoms with Crippen LogP contribution in [0.5, 0.6) is 0 Å². The van der Waals surface area contributed by atoms with Gasteiger partial charge in [-0.05, 0) is 49.2 Å². The number of sulfone groups is 1. The van der Waals surface area contributed by atoms with Crippen molar-refractivity contribution in [2.75, 3.05) is 18.4 Å². The van der Waals surface area contributed by atoms with Crippen molar-refractivity contribution in [1.29, 1.82) is 0 Å². The van der Waals surface area contributed by atoms with E-state index in [1.807, 2.05) is 12.1 Å². The van der Waals surface area contributed by atoms with Gasteiger partial charge < -0.3 is 5.32 Å². The van der Waals surface area contributed by atoms with E-state index in [1.165, 1.54) is 41.0 Å². The maximum atomic E-state index is 14.9. The van der Waals surface area contributed by atoms with Gasteiger partial charge in [0.2, 0.25) is 0 Å². The van der Waals surface area contributed by atoms with Crippen molar-refractivity contribution < 1.29 is 12.8 Å². The van der Waals surface area contributed by atoms with Crippen LogP contribution in [0, 0.1) is 5.82 Å². The molecule has 3 aromatic rings. The van der Waals surface area contributed by atoms with Crippen LogP contribution in [0.4, 0.5) is 10.1 Å². The lowest BCUT2D eigenvalue weighted by molar-refractivity contribution is 0.116. The first kappa shape index (κ1) is 20.9. The smallest absolute Gasteiger partial charge is 0.187 e. The van der Waals surface area contributed by atoms with Gasteiger partial charge in [-0.25, -0.2) is 17.8 Å². The van der Waals surface area contributed by atoms with Crippen LogP contribution < -0.4 is 5.32 Å². The molecule has 1 aliphatic heterocycles. The summed E-state index contributed by atoms with van der Waals surface area (Å²) >= 11 is 7.71. The summed E-state index contributed by atoms with van der Waals surface area (Å²) in [7, 11) is -3.89. The fourth-order valence-electron chi connectivity index (χ4n) is 4.39. The molecule has 0 saturated carbocycles. The zero-order valence-electron chi connectivity index (χ0n) is 16.6. The molecule has 5 nitrogen and oxygen atoms in total. The Morgan fingerprint density at radius 2 is 2.00 bits per heavy atom. The van der Waals surface area contributed by atoms with E-state index in [-0.39, 0.29) is 16.8 Å². The van der Waals surface area contributed by atoms with Crippen LogP contribution in [0.15, 0.2) is 52.2 Å². The van der Waals surface area contributed by atoms with Crippen LogP contribution in [0.2, 0.25) is 5.02 Å². The van der Waals surface area contributed by atoms with Gasteiger partial charge in [0.15, 0.2) is 9.84 Å². The van der Waals surface area contributed by atoms with Crippen molar-refractivity contribution >= 4 is 38.5 Å². The van der Waals surface area contributed by atoms with E-state index >= 15 is 0 Å². The number of nitrogens with one attached hydrogen (secondary N) is 1. The van der Waals surface area contributed by atoms with E-state index in [0.29, 0.717) is 17.4 Å². The quantitative estimate of drug-likeness (QED) is 0.527. The van der Waals surface area contributed by atoms with E-state index in [2.05, 4.69) is 27.3 Å². The van der Waals surface area contributed by atoms with Crippen LogP contribution in [-0.4, -0.2) is 31.4 Å². The lowest BCUT2D eigenvalue weighted by atomic mass is 10.0. The van der Waals surface area contributed by atoms with Crippen molar-refractivity contribution in [1.82, 2.24) is 9.88 Å². The predicted molar refractivity (Wildman–Crippen MR) is 121 cm³/mol. The predicted octanol–water partition coefficient (Wildman–Crippen LogP) is 5.21. The van der Waals surface area contributed by atoms with Gasteiger partial charge >= 0.3 is 0 Å². The highest BCUT2D eigenvalue weighted by Gasteiger charge is 2.36. The summed E-state index contributed by atoms with van der Waals surface area (Å²) in [5.41, 5.74) is 4.81. The number of thiazole rings is 1. The van der Waals surface area contributed by atoms with Gasteiger partial charge in [-0.2, -0.15) is 0 Å². The van der Waals surface area contributed by atoms with Crippen LogP contribution in [0.3, 0.4) is 0 Å². The Morgan fingerprint density at radius 1 is 1.23 bits per heavy atom. The first-order chi connectivity index (χ1) is 14.9. The van der Waals surface area contributed by atoms with E-state index in [1.54, 1.807) is 10.9 Å². The number of benzene rings is 2. The number of hydrogen-bond acceptors (Lipinski definition) is 6. The zero-order chi connectivity index (χ0) is 21.6. The Morgan fingerprint density at radius 3 is 2.68 bits per heavy atom. The molecule has 1 aliphatic carbocycles. The molecule has 0 unspecified atom stereocenters. The second-order valence-corrected chi connectivity index (χ2v) is 11.1. The molecule has 162 valence electrons. The molecular formula is C22H21ClFN3O2S2. The van der Waals surface area contributed by atoms with Gasteiger partial charge in [0.05, 0.1) is 33.7 Å². The number of halogens is 2. The number of anilines is 1. The minimum absolute atomic E-state index is 0.0174. The normalized spacial score (nSPS) is 21.0. The van der Waals surface area contributed by atoms with Gasteiger partial charge in [-0.15, -0.1) is 11.3 Å². The Labute approximate surface area is 189 Å². The number of rotatable bonds is 6. The number of fused-ring (bicyclic) bond motifs is 1. The number of nitrogens with zero attached hydrogens (tertiary/aromatic N) is 2. The first-order valence-corrected chi connectivity index (χ1v) is 13.1. The molecule has 1 N–H and O–H groups in total. The van der Waals surface area contributed by atoms with Crippen molar-refractivity contribution in [3.05, 3.63) is 74.9 Å². The van der Waals surface area contributed by atoms with Crippen molar-refractivity contribution in [3.8, 4) is 0 Å². The standard InChI is InChI=1S/C22H21ClFN3O2S2/c23-17-8-22(31(28,29)12-14-11-30-13-25-14)18(24)9-20(17)26-19-10-21(27-6-3-7-27)16-5-2-1-4-15(16)19/h1-2,4-5,8-9,11,13,19,21,26H,3,6-7,10,12H2/t19-,21+/m1/s1. The van der Waals surface area contributed by atoms with Gasteiger partial charge in [0.25, 0.3) is 0 Å². The number of hydrogen-bond donors (Lipinski definition) is 1. The average Bonchev–Trinajstić information content (AvgIpc) is 3.31. The summed E-state index contributed by atoms with van der Waals surface area (Å²) in [5.74, 6) is -1.17. The van der Waals surface area contributed by atoms with E-state index in [4.69, 9.17) is 11.6 Å². The lowest BCUT2D eigenvalue weighted by Crippen LogP contribution is -2.39. The first-order valence-electron chi connectivity index (χ1n) is 10.1. The lowest BCUT2D eigenvalue weighted by Gasteiger charge is -2.37. The van der Waals surface area contributed by atoms with Gasteiger partial charge in [0, 0.05) is 11.4 Å². The Balaban J connectivity index is 1.41. The summed E-state index contributed by atoms with van der Waals surface area (Å²) in [6.45, 7) is 2.18. The molecule has 2 atom stereocenters. The van der Waals surface area contributed by atoms with Crippen molar-refractivity contribution in [3.63, 3.8) is 0 Å². The SMILES string of the molecule is O=S(=O)(Cc1cscn1)c1cc(Cl)c(N[C@@H]2C[C@H](N3CCC3)c3ccccc32)cc1F. The van der Waals surface area contributed by atoms with E-state index < -0.39 is 20.5 Å². The van der Waals surface area contributed by atoms with Crippen LogP contribution in [0.1, 0.15) is 41.7 Å². The maximum absolute atomic E-state index is 14.9. The van der Waals surface area contributed by atoms with E-state index in [9.17, 15) is 12.8 Å². The monoisotopic (exact) mass is 477 g/mol. The molecule has 5 rings (SSSR count). The highest BCUT2D eigenvalue weighted by atomic mass is 35.5. The second-order valence-electron chi connectivity index (χ2n) is 7.97. The topological polar surface area (TPSA) is 62.3 Å². The Kier molecular flexibility index (Phi) is 5.50. The largest absolute Gasteiger partial charge is 0.377 e. The van der Waals surface area contributed by atoms with Gasteiger partial charge in [-0.3, -0.25) is 4.90 Å². The maximum Gasteiger partial charge on any atom is 0.187 e. The molecule has 0 amide bonds. The van der Waals surface area contributed by atoms with Crippen LogP contribution >= 0.6 is 22.9 Å². The molecule has 0 radical (unpaired) electrons. The Bertz CT molecular complexity index is 1210. The van der Waals surface area contributed by atoms with Crippen molar-refractivity contribution in [2.24, 2.45) is 0 Å². The highest BCUT2D eigenvalue weighted by Crippen LogP contribution is 2.46. The summed E-state index contributed by atoms with van der Waals surface area (Å²) in [6, 6.07) is 11.0. The fraction of sp³-hybridized carbons (Fsp3) is 0.318. The molecule has 1 saturated heterocycles. The fourth-order valence-corrected chi connectivity index (χ4v) is 6.69. The molecule has 2 aliphatic rings. The van der Waals surface area contributed by atoms with Crippen molar-refractivity contribution in [2.45, 2.75) is 35.6 Å². The summed E-state index contributed by atoms with van der Waals surface area (Å²) in [5, 5.41) is 5.18. The summed E-state index contributed by atoms with van der Waals surface area (Å²) in [4.78, 5) is 6.04. The highest BCUT2D eigenvalue weighted by molar-refractivity contribution is 7.90. The third kappa shape index (κ3) is 3.98. The Hall–Kier alpha value is -2.00. The van der Waals surface area contributed by atoms with E-state index in [0.717, 1.165) is 19.5 Å².